The van der Waals surface area contributed by atoms with E-state index >= 15 is 0 Å². The van der Waals surface area contributed by atoms with Gasteiger partial charge in [-0.05, 0) is 16.7 Å². The quantitative estimate of drug-likeness (QED) is 0.356. The minimum Gasteiger partial charge on any atom is -0.380 e. The average molecular weight is 464 g/mol. The topological polar surface area (TPSA) is 108 Å². The lowest BCUT2D eigenvalue weighted by molar-refractivity contribution is -0.182. The number of aliphatic hydroxyl groups is 1. The highest BCUT2D eigenvalue weighted by atomic mass is 16.6. The van der Waals surface area contributed by atoms with Crippen LogP contribution in [0.2, 0.25) is 0 Å². The Morgan fingerprint density at radius 1 is 0.706 bits per heavy atom. The molecule has 7 nitrogen and oxygen atoms in total. The fourth-order valence-electron chi connectivity index (χ4n) is 3.42. The molecular formula is C27H29NO6. The number of hydrogen-bond donors (Lipinski definition) is 2. The number of aliphatic hydroxyl groups excluding tert-OH is 1. The van der Waals surface area contributed by atoms with Crippen LogP contribution in [0.15, 0.2) is 91.0 Å². The van der Waals surface area contributed by atoms with Crippen LogP contribution in [0.25, 0.3) is 0 Å². The van der Waals surface area contributed by atoms with Gasteiger partial charge < -0.3 is 29.8 Å². The molecule has 4 atom stereocenters. The second-order valence-corrected chi connectivity index (χ2v) is 7.77. The van der Waals surface area contributed by atoms with E-state index in [0.717, 1.165) is 16.7 Å². The lowest BCUT2D eigenvalue weighted by Gasteiger charge is -2.33. The number of amides is 1. The summed E-state index contributed by atoms with van der Waals surface area (Å²) in [7, 11) is 0. The molecule has 3 N–H and O–H groups in total. The van der Waals surface area contributed by atoms with Crippen LogP contribution in [0.5, 0.6) is 0 Å². The van der Waals surface area contributed by atoms with Crippen molar-refractivity contribution in [3.63, 3.8) is 0 Å². The number of aldehydes is 1. The van der Waals surface area contributed by atoms with Crippen LogP contribution in [0.4, 0.5) is 0 Å². The Morgan fingerprint density at radius 2 is 1.09 bits per heavy atom. The molecule has 1 amide bonds. The molecule has 7 heteroatoms. The van der Waals surface area contributed by atoms with Gasteiger partial charge in [0.1, 0.15) is 18.3 Å². The molecular weight excluding hydrogens is 434 g/mol. The first-order valence-corrected chi connectivity index (χ1v) is 11.0. The van der Waals surface area contributed by atoms with Gasteiger partial charge in [0.25, 0.3) is 0 Å². The summed E-state index contributed by atoms with van der Waals surface area (Å²) < 4.78 is 17.8. The van der Waals surface area contributed by atoms with E-state index in [1.807, 2.05) is 91.0 Å². The summed E-state index contributed by atoms with van der Waals surface area (Å²) in [6.07, 6.45) is -4.60. The molecule has 0 aliphatic carbocycles. The molecule has 0 fully saturated rings. The lowest BCUT2D eigenvalue weighted by Crippen LogP contribution is -2.53. The number of carbonyl (C=O) groups excluding carboxylic acids is 2. The number of nitrogens with two attached hydrogens (primary N) is 1. The Morgan fingerprint density at radius 3 is 1.47 bits per heavy atom. The smallest absolute Gasteiger partial charge is 0.249 e. The zero-order chi connectivity index (χ0) is 24.2. The third-order valence-electron chi connectivity index (χ3n) is 5.24. The Kier molecular flexibility index (Phi) is 9.94. The number of ether oxygens (including phenoxy) is 3. The van der Waals surface area contributed by atoms with Crippen molar-refractivity contribution in [1.29, 1.82) is 0 Å². The summed E-state index contributed by atoms with van der Waals surface area (Å²) >= 11 is 0. The molecule has 178 valence electrons. The number of rotatable bonds is 14. The fourth-order valence-corrected chi connectivity index (χ4v) is 3.42. The van der Waals surface area contributed by atoms with E-state index in [2.05, 4.69) is 0 Å². The summed E-state index contributed by atoms with van der Waals surface area (Å²) in [4.78, 5) is 24.0. The lowest BCUT2D eigenvalue weighted by atomic mass is 10.0. The van der Waals surface area contributed by atoms with Crippen LogP contribution in [0.1, 0.15) is 16.7 Å². The molecule has 0 aromatic heterocycles. The van der Waals surface area contributed by atoms with Gasteiger partial charge in [0, 0.05) is 0 Å². The number of hydrogen-bond acceptors (Lipinski definition) is 6. The first-order chi connectivity index (χ1) is 16.6. The third kappa shape index (κ3) is 7.60. The van der Waals surface area contributed by atoms with Crippen molar-refractivity contribution < 1.29 is 28.9 Å². The van der Waals surface area contributed by atoms with Gasteiger partial charge in [0.05, 0.1) is 19.8 Å². The second kappa shape index (κ2) is 13.4. The molecule has 3 aromatic carbocycles. The van der Waals surface area contributed by atoms with Crippen molar-refractivity contribution in [1.82, 2.24) is 0 Å². The van der Waals surface area contributed by atoms with Crippen molar-refractivity contribution in [3.05, 3.63) is 108 Å². The molecule has 0 radical (unpaired) electrons. The van der Waals surface area contributed by atoms with E-state index in [0.29, 0.717) is 6.29 Å². The van der Waals surface area contributed by atoms with Crippen LogP contribution >= 0.6 is 0 Å². The van der Waals surface area contributed by atoms with Gasteiger partial charge in [-0.25, -0.2) is 0 Å². The maximum absolute atomic E-state index is 12.1. The van der Waals surface area contributed by atoms with E-state index in [9.17, 15) is 14.7 Å². The molecule has 0 aliphatic heterocycles. The molecule has 0 heterocycles. The highest BCUT2D eigenvalue weighted by Crippen LogP contribution is 2.20. The molecule has 3 aromatic rings. The maximum atomic E-state index is 12.1. The van der Waals surface area contributed by atoms with Gasteiger partial charge in [-0.1, -0.05) is 91.0 Å². The highest BCUT2D eigenvalue weighted by molar-refractivity contribution is 5.79. The Hall–Kier alpha value is -3.36. The van der Waals surface area contributed by atoms with Crippen LogP contribution in [-0.2, 0) is 43.6 Å². The Bertz CT molecular complexity index is 999. The van der Waals surface area contributed by atoms with Gasteiger partial charge in [0.15, 0.2) is 12.4 Å². The monoisotopic (exact) mass is 463 g/mol. The second-order valence-electron chi connectivity index (χ2n) is 7.77. The van der Waals surface area contributed by atoms with Gasteiger partial charge in [0.2, 0.25) is 5.91 Å². The molecule has 0 spiro atoms. The SMILES string of the molecule is NC(=O)[C@H](O)[C@H](OCc1ccccc1)[C@@H](OCc1ccccc1)[C@@H](C=O)OCc1ccccc1. The minimum absolute atomic E-state index is 0.0747. The normalized spacial score (nSPS) is 14.6. The first kappa shape index (κ1) is 25.3. The van der Waals surface area contributed by atoms with E-state index in [1.54, 1.807) is 0 Å². The largest absolute Gasteiger partial charge is 0.380 e. The van der Waals surface area contributed by atoms with E-state index in [1.165, 1.54) is 0 Å². The Labute approximate surface area is 199 Å². The van der Waals surface area contributed by atoms with Gasteiger partial charge in [-0.2, -0.15) is 0 Å². The molecule has 0 saturated carbocycles. The summed E-state index contributed by atoms with van der Waals surface area (Å²) in [5.41, 5.74) is 7.92. The standard InChI is InChI=1S/C27H29NO6/c28-27(31)24(30)26(34-19-22-14-8-3-9-15-22)25(33-18-21-12-6-2-7-13-21)23(16-29)32-17-20-10-4-1-5-11-20/h1-16,23-26,30H,17-19H2,(H2,28,31)/t23-,24-,25+,26+/m1/s1. The van der Waals surface area contributed by atoms with Crippen LogP contribution in [0, 0.1) is 0 Å². The number of carbonyl (C=O) groups is 2. The van der Waals surface area contributed by atoms with Crippen molar-refractivity contribution in [3.8, 4) is 0 Å². The summed E-state index contributed by atoms with van der Waals surface area (Å²) in [5.74, 6) is -0.987. The van der Waals surface area contributed by atoms with Gasteiger partial charge in [-0.3, -0.25) is 4.79 Å². The highest BCUT2D eigenvalue weighted by Gasteiger charge is 2.39. The van der Waals surface area contributed by atoms with E-state index in [4.69, 9.17) is 19.9 Å². The van der Waals surface area contributed by atoms with Crippen molar-refractivity contribution in [2.24, 2.45) is 5.73 Å². The van der Waals surface area contributed by atoms with Crippen molar-refractivity contribution >= 4 is 12.2 Å². The first-order valence-electron chi connectivity index (χ1n) is 11.0. The molecule has 3 rings (SSSR count). The van der Waals surface area contributed by atoms with E-state index < -0.39 is 30.3 Å². The zero-order valence-electron chi connectivity index (χ0n) is 18.7. The summed E-state index contributed by atoms with van der Waals surface area (Å²) in [6.45, 7) is 0.319. The van der Waals surface area contributed by atoms with Crippen molar-refractivity contribution in [2.45, 2.75) is 44.2 Å². The summed E-state index contributed by atoms with van der Waals surface area (Å²) in [6, 6.07) is 27.9. The maximum Gasteiger partial charge on any atom is 0.249 e. The fraction of sp³-hybridized carbons (Fsp3) is 0.259. The van der Waals surface area contributed by atoms with Gasteiger partial charge in [-0.15, -0.1) is 0 Å². The zero-order valence-corrected chi connectivity index (χ0v) is 18.7. The Balaban J connectivity index is 1.83. The van der Waals surface area contributed by atoms with E-state index in [-0.39, 0.29) is 19.8 Å². The molecule has 0 unspecified atom stereocenters. The minimum atomic E-state index is -1.72. The third-order valence-corrected chi connectivity index (χ3v) is 5.24. The summed E-state index contributed by atoms with van der Waals surface area (Å²) in [5, 5.41) is 10.6. The molecule has 0 bridgehead atoms. The average Bonchev–Trinajstić information content (AvgIpc) is 2.88. The molecule has 0 saturated heterocycles. The molecule has 34 heavy (non-hydrogen) atoms. The van der Waals surface area contributed by atoms with Crippen LogP contribution in [0.3, 0.4) is 0 Å². The van der Waals surface area contributed by atoms with Crippen molar-refractivity contribution in [2.75, 3.05) is 0 Å². The van der Waals surface area contributed by atoms with Crippen LogP contribution < -0.4 is 5.73 Å². The van der Waals surface area contributed by atoms with Crippen LogP contribution in [-0.4, -0.2) is 41.7 Å². The molecule has 0 aliphatic rings. The number of primary amides is 1. The van der Waals surface area contributed by atoms with Gasteiger partial charge >= 0.3 is 0 Å². The predicted octanol–water partition coefficient (Wildman–Crippen LogP) is 2.79. The number of benzene rings is 3. The predicted molar refractivity (Wildman–Crippen MR) is 126 cm³/mol.